The number of benzene rings is 1. The van der Waals surface area contributed by atoms with Crippen LogP contribution in [0.4, 0.5) is 0 Å². The third kappa shape index (κ3) is 1.42. The summed E-state index contributed by atoms with van der Waals surface area (Å²) in [5.41, 5.74) is 1.48. The van der Waals surface area contributed by atoms with Gasteiger partial charge in [0.1, 0.15) is 0 Å². The van der Waals surface area contributed by atoms with Crippen LogP contribution in [-0.2, 0) is 16.0 Å². The van der Waals surface area contributed by atoms with E-state index in [4.69, 9.17) is 0 Å². The van der Waals surface area contributed by atoms with Crippen molar-refractivity contribution in [1.82, 2.24) is 4.90 Å². The van der Waals surface area contributed by atoms with Crippen molar-refractivity contribution in [2.75, 3.05) is 6.54 Å². The average molecular weight is 293 g/mol. The lowest BCUT2D eigenvalue weighted by atomic mass is 9.85. The van der Waals surface area contributed by atoms with Gasteiger partial charge in [0, 0.05) is 6.54 Å². The highest BCUT2D eigenvalue weighted by Crippen LogP contribution is 2.73. The fraction of sp³-hybridized carbons (Fsp3) is 0.474. The minimum Gasteiger partial charge on any atom is -0.282 e. The third-order valence-corrected chi connectivity index (χ3v) is 6.41. The molecule has 0 radical (unpaired) electrons. The SMILES string of the molecule is O=C1[C@@H]2[C@H](C(=O)N1CCc1ccccc1)[C@@H]1C=C[C@H]2C12CC2. The van der Waals surface area contributed by atoms with Gasteiger partial charge in [-0.05, 0) is 42.1 Å². The van der Waals surface area contributed by atoms with Gasteiger partial charge in [0.25, 0.3) is 0 Å². The molecular formula is C19H19NO2. The van der Waals surface area contributed by atoms with Gasteiger partial charge in [0.15, 0.2) is 0 Å². The summed E-state index contributed by atoms with van der Waals surface area (Å²) in [6, 6.07) is 10.1. The number of carbonyl (C=O) groups excluding carboxylic acids is 2. The van der Waals surface area contributed by atoms with Crippen LogP contribution >= 0.6 is 0 Å². The van der Waals surface area contributed by atoms with Crippen LogP contribution in [0.25, 0.3) is 0 Å². The predicted octanol–water partition coefficient (Wildman–Crippen LogP) is 2.43. The van der Waals surface area contributed by atoms with E-state index >= 15 is 0 Å². The molecule has 0 unspecified atom stereocenters. The van der Waals surface area contributed by atoms with E-state index in [-0.39, 0.29) is 23.7 Å². The maximum atomic E-state index is 12.8. The number of likely N-dealkylation sites (tertiary alicyclic amines) is 1. The van der Waals surface area contributed by atoms with Crippen LogP contribution < -0.4 is 0 Å². The monoisotopic (exact) mass is 293 g/mol. The second-order valence-electron chi connectivity index (χ2n) is 7.28. The number of fused-ring (bicyclic) bond motifs is 3. The summed E-state index contributed by atoms with van der Waals surface area (Å²) in [4.78, 5) is 27.1. The minimum absolute atomic E-state index is 0.0548. The summed E-state index contributed by atoms with van der Waals surface area (Å²) >= 11 is 0. The molecule has 2 amide bonds. The number of hydrogen-bond acceptors (Lipinski definition) is 2. The Bertz CT molecular complexity index is 655. The first-order valence-electron chi connectivity index (χ1n) is 8.30. The van der Waals surface area contributed by atoms with Crippen molar-refractivity contribution in [3.05, 3.63) is 48.0 Å². The van der Waals surface area contributed by atoms with Crippen molar-refractivity contribution >= 4 is 11.8 Å². The van der Waals surface area contributed by atoms with Gasteiger partial charge in [-0.3, -0.25) is 14.5 Å². The highest BCUT2D eigenvalue weighted by molar-refractivity contribution is 6.06. The summed E-state index contributed by atoms with van der Waals surface area (Å²) in [6.45, 7) is 0.529. The molecular weight excluding hydrogens is 274 g/mol. The molecule has 5 rings (SSSR count). The molecule has 3 aliphatic carbocycles. The van der Waals surface area contributed by atoms with E-state index in [1.54, 1.807) is 4.90 Å². The highest BCUT2D eigenvalue weighted by atomic mass is 16.2. The molecule has 2 bridgehead atoms. The third-order valence-electron chi connectivity index (χ3n) is 6.41. The van der Waals surface area contributed by atoms with Crippen LogP contribution in [0, 0.1) is 29.1 Å². The number of imide groups is 1. The number of amides is 2. The fourth-order valence-corrected chi connectivity index (χ4v) is 5.25. The zero-order chi connectivity index (χ0) is 14.9. The Labute approximate surface area is 130 Å². The number of carbonyl (C=O) groups is 2. The van der Waals surface area contributed by atoms with E-state index in [1.807, 2.05) is 18.2 Å². The standard InChI is InChI=1S/C19H19NO2/c21-17-15-13-6-7-14(19(13)9-10-19)16(15)18(22)20(17)11-8-12-4-2-1-3-5-12/h1-7,13-16H,8-11H2/t13-,14+,15+,16-. The molecule has 1 heterocycles. The normalized spacial score (nSPS) is 36.5. The lowest BCUT2D eigenvalue weighted by Crippen LogP contribution is -2.36. The van der Waals surface area contributed by atoms with Crippen molar-refractivity contribution in [2.24, 2.45) is 29.1 Å². The molecule has 3 fully saturated rings. The summed E-state index contributed by atoms with van der Waals surface area (Å²) in [7, 11) is 0. The summed E-state index contributed by atoms with van der Waals surface area (Å²) in [6.07, 6.45) is 7.61. The Morgan fingerprint density at radius 3 is 2.09 bits per heavy atom. The van der Waals surface area contributed by atoms with E-state index in [0.29, 0.717) is 23.8 Å². The van der Waals surface area contributed by atoms with E-state index in [0.717, 1.165) is 6.42 Å². The lowest BCUT2D eigenvalue weighted by molar-refractivity contribution is -0.141. The largest absolute Gasteiger partial charge is 0.282 e. The molecule has 1 aromatic rings. The van der Waals surface area contributed by atoms with Gasteiger partial charge in [0.2, 0.25) is 11.8 Å². The van der Waals surface area contributed by atoms with Gasteiger partial charge in [-0.15, -0.1) is 0 Å². The Morgan fingerprint density at radius 1 is 0.955 bits per heavy atom. The molecule has 0 N–H and O–H groups in total. The van der Waals surface area contributed by atoms with E-state index in [2.05, 4.69) is 24.3 Å². The van der Waals surface area contributed by atoms with Crippen LogP contribution in [-0.4, -0.2) is 23.3 Å². The molecule has 1 spiro atoms. The zero-order valence-corrected chi connectivity index (χ0v) is 12.4. The molecule has 112 valence electrons. The van der Waals surface area contributed by atoms with Crippen molar-refractivity contribution in [3.8, 4) is 0 Å². The number of rotatable bonds is 3. The Hall–Kier alpha value is -1.90. The summed E-state index contributed by atoms with van der Waals surface area (Å²) in [5.74, 6) is 0.742. The maximum Gasteiger partial charge on any atom is 0.233 e. The van der Waals surface area contributed by atoms with Crippen molar-refractivity contribution in [2.45, 2.75) is 19.3 Å². The smallest absolute Gasteiger partial charge is 0.233 e. The molecule has 3 nitrogen and oxygen atoms in total. The first kappa shape index (κ1) is 12.6. The quantitative estimate of drug-likeness (QED) is 0.634. The van der Waals surface area contributed by atoms with E-state index < -0.39 is 0 Å². The maximum absolute atomic E-state index is 12.8. The van der Waals surface area contributed by atoms with Gasteiger partial charge < -0.3 is 0 Å². The van der Waals surface area contributed by atoms with Crippen LogP contribution in [0.5, 0.6) is 0 Å². The van der Waals surface area contributed by atoms with Crippen LogP contribution in [0.15, 0.2) is 42.5 Å². The van der Waals surface area contributed by atoms with Crippen LogP contribution in [0.3, 0.4) is 0 Å². The van der Waals surface area contributed by atoms with E-state index in [9.17, 15) is 9.59 Å². The van der Waals surface area contributed by atoms with Crippen LogP contribution in [0.1, 0.15) is 18.4 Å². The van der Waals surface area contributed by atoms with Crippen LogP contribution in [0.2, 0.25) is 0 Å². The Kier molecular flexibility index (Phi) is 2.35. The molecule has 2 saturated carbocycles. The average Bonchev–Trinajstić information content (AvgIpc) is 3.14. The topological polar surface area (TPSA) is 37.4 Å². The zero-order valence-electron chi connectivity index (χ0n) is 12.4. The number of nitrogens with zero attached hydrogens (tertiary/aromatic N) is 1. The van der Waals surface area contributed by atoms with Gasteiger partial charge in [-0.25, -0.2) is 0 Å². The van der Waals surface area contributed by atoms with Crippen molar-refractivity contribution < 1.29 is 9.59 Å². The molecule has 1 aliphatic heterocycles. The first-order valence-corrected chi connectivity index (χ1v) is 8.30. The summed E-state index contributed by atoms with van der Waals surface area (Å²) in [5, 5.41) is 0. The predicted molar refractivity (Wildman–Crippen MR) is 81.6 cm³/mol. The highest BCUT2D eigenvalue weighted by Gasteiger charge is 2.73. The molecule has 3 heteroatoms. The fourth-order valence-electron chi connectivity index (χ4n) is 5.25. The minimum atomic E-state index is -0.0548. The molecule has 1 saturated heterocycles. The van der Waals surface area contributed by atoms with Gasteiger partial charge in [-0.1, -0.05) is 42.5 Å². The van der Waals surface area contributed by atoms with Gasteiger partial charge in [0.05, 0.1) is 11.8 Å². The molecule has 4 aliphatic rings. The molecule has 4 atom stereocenters. The second kappa shape index (κ2) is 4.09. The number of allylic oxidation sites excluding steroid dienone is 2. The van der Waals surface area contributed by atoms with Gasteiger partial charge in [-0.2, -0.15) is 0 Å². The molecule has 22 heavy (non-hydrogen) atoms. The Balaban J connectivity index is 1.38. The first-order chi connectivity index (χ1) is 10.7. The van der Waals surface area contributed by atoms with Crippen molar-refractivity contribution in [3.63, 3.8) is 0 Å². The van der Waals surface area contributed by atoms with Gasteiger partial charge >= 0.3 is 0 Å². The van der Waals surface area contributed by atoms with E-state index in [1.165, 1.54) is 18.4 Å². The summed E-state index contributed by atoms with van der Waals surface area (Å²) < 4.78 is 0. The second-order valence-corrected chi connectivity index (χ2v) is 7.28. The lowest BCUT2D eigenvalue weighted by Gasteiger charge is -2.21. The van der Waals surface area contributed by atoms with Crippen molar-refractivity contribution in [1.29, 1.82) is 0 Å². The number of hydrogen-bond donors (Lipinski definition) is 0. The molecule has 0 aromatic heterocycles. The molecule has 1 aromatic carbocycles. The Morgan fingerprint density at radius 2 is 1.55 bits per heavy atom.